The molecule has 10 heteroatoms. The Balaban J connectivity index is 1.78. The summed E-state index contributed by atoms with van der Waals surface area (Å²) < 4.78 is 40.4. The molecule has 0 aliphatic heterocycles. The van der Waals surface area contributed by atoms with Crippen LogP contribution in [-0.4, -0.2) is 33.0 Å². The van der Waals surface area contributed by atoms with Gasteiger partial charge in [0.2, 0.25) is 5.91 Å². The molecule has 0 bridgehead atoms. The first-order chi connectivity index (χ1) is 16.7. The van der Waals surface area contributed by atoms with Crippen molar-refractivity contribution in [3.63, 3.8) is 0 Å². The van der Waals surface area contributed by atoms with Crippen LogP contribution >= 0.6 is 11.8 Å². The number of nitrogens with zero attached hydrogens (tertiary/aromatic N) is 3. The average Bonchev–Trinajstić information content (AvgIpc) is 3.21. The number of hydrogen-bond donors (Lipinski definition) is 1. The zero-order valence-corrected chi connectivity index (χ0v) is 21.2. The molecule has 2 unspecified atom stereocenters. The van der Waals surface area contributed by atoms with E-state index in [9.17, 15) is 13.6 Å². The van der Waals surface area contributed by atoms with Crippen LogP contribution in [0.5, 0.6) is 11.5 Å². The predicted molar refractivity (Wildman–Crippen MR) is 132 cm³/mol. The number of ether oxygens (including phenoxy) is 2. The second-order valence-electron chi connectivity index (χ2n) is 8.41. The Morgan fingerprint density at radius 1 is 1.09 bits per heavy atom. The maximum absolute atomic E-state index is 14.0. The molecule has 188 valence electrons. The van der Waals surface area contributed by atoms with E-state index < -0.39 is 28.9 Å². The van der Waals surface area contributed by atoms with E-state index in [1.807, 2.05) is 42.7 Å². The maximum Gasteiger partial charge on any atom is 0.238 e. The van der Waals surface area contributed by atoms with E-state index in [0.29, 0.717) is 35.6 Å². The van der Waals surface area contributed by atoms with Crippen molar-refractivity contribution in [2.24, 2.45) is 5.92 Å². The van der Waals surface area contributed by atoms with Gasteiger partial charge in [-0.3, -0.25) is 4.79 Å². The van der Waals surface area contributed by atoms with E-state index in [1.54, 1.807) is 7.11 Å². The molecule has 2 atom stereocenters. The number of methoxy groups -OCH3 is 1. The first kappa shape index (κ1) is 26.5. The van der Waals surface area contributed by atoms with Crippen LogP contribution in [0.4, 0.5) is 14.5 Å². The molecule has 35 heavy (non-hydrogen) atoms. The van der Waals surface area contributed by atoms with Crippen molar-refractivity contribution in [2.45, 2.75) is 57.2 Å². The number of benzene rings is 2. The van der Waals surface area contributed by atoms with E-state index >= 15 is 0 Å². The molecule has 3 aromatic rings. The molecule has 0 radical (unpaired) electrons. The van der Waals surface area contributed by atoms with Gasteiger partial charge >= 0.3 is 0 Å². The third-order valence-corrected chi connectivity index (χ3v) is 6.47. The van der Waals surface area contributed by atoms with Crippen LogP contribution in [0.15, 0.2) is 47.6 Å². The Hall–Kier alpha value is -3.14. The molecule has 1 amide bonds. The van der Waals surface area contributed by atoms with Gasteiger partial charge < -0.3 is 19.4 Å². The molecule has 0 spiro atoms. The monoisotopic (exact) mass is 504 g/mol. The molecule has 2 aromatic carbocycles. The largest absolute Gasteiger partial charge is 0.497 e. The average molecular weight is 505 g/mol. The summed E-state index contributed by atoms with van der Waals surface area (Å²) in [5.41, 5.74) is -0.0682. The third-order valence-electron chi connectivity index (χ3n) is 5.13. The van der Waals surface area contributed by atoms with Crippen molar-refractivity contribution in [1.82, 2.24) is 14.8 Å². The van der Waals surface area contributed by atoms with Crippen LogP contribution < -0.4 is 14.8 Å². The van der Waals surface area contributed by atoms with Crippen molar-refractivity contribution in [3.05, 3.63) is 59.9 Å². The molecule has 0 aliphatic rings. The van der Waals surface area contributed by atoms with Crippen molar-refractivity contribution >= 4 is 23.4 Å². The lowest BCUT2D eigenvalue weighted by atomic mass is 10.2. The van der Waals surface area contributed by atoms with Crippen LogP contribution in [0.2, 0.25) is 0 Å². The normalized spacial score (nSPS) is 12.9. The molecular formula is C25H30F2N4O3S. The molecule has 7 nitrogen and oxygen atoms in total. The van der Waals surface area contributed by atoms with E-state index in [-0.39, 0.29) is 5.69 Å². The first-order valence-corrected chi connectivity index (χ1v) is 12.3. The minimum atomic E-state index is -0.826. The topological polar surface area (TPSA) is 78.3 Å². The number of amides is 1. The Kier molecular flexibility index (Phi) is 9.08. The highest BCUT2D eigenvalue weighted by atomic mass is 32.2. The van der Waals surface area contributed by atoms with Crippen LogP contribution in [0.25, 0.3) is 0 Å². The van der Waals surface area contributed by atoms with E-state index in [1.165, 1.54) is 17.8 Å². The van der Waals surface area contributed by atoms with Gasteiger partial charge in [-0.25, -0.2) is 8.78 Å². The van der Waals surface area contributed by atoms with Crippen molar-refractivity contribution in [2.75, 3.05) is 12.4 Å². The van der Waals surface area contributed by atoms with E-state index in [0.717, 1.165) is 17.9 Å². The summed E-state index contributed by atoms with van der Waals surface area (Å²) in [5.74, 6) is 0.396. The standard InChI is InChI=1S/C25H30F2N4O3S/c1-6-22(24(32)28-21-12-7-17(26)13-20(21)27)35-25-30-29-23(31(25)14-15(2)3)16(4)34-19-10-8-18(33-5)9-11-19/h7-13,15-16,22H,6,14H2,1-5H3,(H,28,32). The van der Waals surface area contributed by atoms with Crippen LogP contribution in [-0.2, 0) is 11.3 Å². The summed E-state index contributed by atoms with van der Waals surface area (Å²) in [4.78, 5) is 12.9. The number of hydrogen-bond acceptors (Lipinski definition) is 6. The molecule has 1 heterocycles. The van der Waals surface area contributed by atoms with Gasteiger partial charge in [0.25, 0.3) is 0 Å². The fraction of sp³-hybridized carbons (Fsp3) is 0.400. The predicted octanol–water partition coefficient (Wildman–Crippen LogP) is 5.87. The van der Waals surface area contributed by atoms with Gasteiger partial charge in [0, 0.05) is 12.6 Å². The number of carbonyl (C=O) groups excluding carboxylic acids is 1. The SMILES string of the molecule is CCC(Sc1nnc(C(C)Oc2ccc(OC)cc2)n1CC(C)C)C(=O)Nc1ccc(F)cc1F. The van der Waals surface area contributed by atoms with Gasteiger partial charge in [0.1, 0.15) is 23.1 Å². The van der Waals surface area contributed by atoms with Crippen LogP contribution in [0, 0.1) is 17.6 Å². The lowest BCUT2D eigenvalue weighted by Crippen LogP contribution is -2.26. The quantitative estimate of drug-likeness (QED) is 0.329. The maximum atomic E-state index is 14.0. The molecule has 1 N–H and O–H groups in total. The first-order valence-electron chi connectivity index (χ1n) is 11.4. The number of carbonyl (C=O) groups is 1. The molecule has 1 aromatic heterocycles. The summed E-state index contributed by atoms with van der Waals surface area (Å²) in [6.07, 6.45) is 0.0763. The van der Waals surface area contributed by atoms with Crippen LogP contribution in [0.3, 0.4) is 0 Å². The van der Waals surface area contributed by atoms with Gasteiger partial charge in [-0.15, -0.1) is 10.2 Å². The molecular weight excluding hydrogens is 474 g/mol. The summed E-state index contributed by atoms with van der Waals surface area (Å²) in [6, 6.07) is 10.3. The Morgan fingerprint density at radius 3 is 2.37 bits per heavy atom. The lowest BCUT2D eigenvalue weighted by molar-refractivity contribution is -0.115. The minimum absolute atomic E-state index is 0.0682. The number of thioether (sulfide) groups is 1. The number of anilines is 1. The van der Waals surface area contributed by atoms with Gasteiger partial charge in [-0.05, 0) is 55.7 Å². The van der Waals surface area contributed by atoms with E-state index in [4.69, 9.17) is 9.47 Å². The zero-order chi connectivity index (χ0) is 25.5. The number of aromatic nitrogens is 3. The highest BCUT2D eigenvalue weighted by molar-refractivity contribution is 8.00. The lowest BCUT2D eigenvalue weighted by Gasteiger charge is -2.19. The molecule has 0 aliphatic carbocycles. The second-order valence-corrected chi connectivity index (χ2v) is 9.58. The van der Waals surface area contributed by atoms with Crippen LogP contribution in [0.1, 0.15) is 46.0 Å². The van der Waals surface area contributed by atoms with E-state index in [2.05, 4.69) is 29.4 Å². The number of halogens is 2. The number of nitrogens with one attached hydrogen (secondary N) is 1. The summed E-state index contributed by atoms with van der Waals surface area (Å²) in [5, 5.41) is 11.3. The molecule has 0 saturated heterocycles. The van der Waals surface area contributed by atoms with Gasteiger partial charge in [0.15, 0.2) is 17.1 Å². The van der Waals surface area contributed by atoms with Gasteiger partial charge in [-0.2, -0.15) is 0 Å². The zero-order valence-electron chi connectivity index (χ0n) is 20.4. The Labute approximate surface area is 208 Å². The van der Waals surface area contributed by atoms with Crippen molar-refractivity contribution in [1.29, 1.82) is 0 Å². The van der Waals surface area contributed by atoms with Gasteiger partial charge in [0.05, 0.1) is 18.0 Å². The number of rotatable bonds is 11. The fourth-order valence-electron chi connectivity index (χ4n) is 3.39. The minimum Gasteiger partial charge on any atom is -0.497 e. The van der Waals surface area contributed by atoms with Crippen molar-refractivity contribution in [3.8, 4) is 11.5 Å². The highest BCUT2D eigenvalue weighted by Gasteiger charge is 2.26. The Bertz CT molecular complexity index is 1140. The molecule has 0 fully saturated rings. The Morgan fingerprint density at radius 2 is 1.77 bits per heavy atom. The fourth-order valence-corrected chi connectivity index (χ4v) is 4.36. The molecule has 0 saturated carbocycles. The second kappa shape index (κ2) is 12.0. The van der Waals surface area contributed by atoms with Crippen molar-refractivity contribution < 1.29 is 23.0 Å². The molecule has 3 rings (SSSR count). The van der Waals surface area contributed by atoms with Gasteiger partial charge in [-0.1, -0.05) is 32.5 Å². The smallest absolute Gasteiger partial charge is 0.238 e. The summed E-state index contributed by atoms with van der Waals surface area (Å²) in [7, 11) is 1.60. The highest BCUT2D eigenvalue weighted by Crippen LogP contribution is 2.30. The third kappa shape index (κ3) is 6.94. The summed E-state index contributed by atoms with van der Waals surface area (Å²) >= 11 is 1.25. The summed E-state index contributed by atoms with van der Waals surface area (Å²) in [6.45, 7) is 8.54.